The molecule has 7 nitrogen and oxygen atoms in total. The van der Waals surface area contributed by atoms with Gasteiger partial charge in [-0.25, -0.2) is 4.79 Å². The third-order valence-corrected chi connectivity index (χ3v) is 4.58. The first-order chi connectivity index (χ1) is 13.3. The third-order valence-electron chi connectivity index (χ3n) is 4.15. The number of nitrogens with two attached hydrogens (primary N) is 1. The number of nitrogens with zero attached hydrogens (tertiary/aromatic N) is 2. The van der Waals surface area contributed by atoms with E-state index in [0.717, 1.165) is 10.5 Å². The summed E-state index contributed by atoms with van der Waals surface area (Å²) in [6.45, 7) is 0.139. The van der Waals surface area contributed by atoms with E-state index in [-0.39, 0.29) is 33.7 Å². The van der Waals surface area contributed by atoms with Crippen molar-refractivity contribution in [2.24, 2.45) is 0 Å². The highest BCUT2D eigenvalue weighted by Crippen LogP contribution is 2.23. The van der Waals surface area contributed by atoms with E-state index in [4.69, 9.17) is 28.9 Å². The lowest BCUT2D eigenvalue weighted by molar-refractivity contribution is 0.0992. The van der Waals surface area contributed by atoms with E-state index >= 15 is 0 Å². The molecule has 9 heteroatoms. The van der Waals surface area contributed by atoms with Crippen molar-refractivity contribution in [2.75, 3.05) is 17.7 Å². The Morgan fingerprint density at radius 2 is 1.71 bits per heavy atom. The Balaban J connectivity index is 2.06. The van der Waals surface area contributed by atoms with Gasteiger partial charge in [0, 0.05) is 22.7 Å². The summed E-state index contributed by atoms with van der Waals surface area (Å²) in [5.74, 6) is -0.673. The molecule has 0 spiro atoms. The van der Waals surface area contributed by atoms with E-state index in [0.29, 0.717) is 0 Å². The van der Waals surface area contributed by atoms with Crippen LogP contribution in [-0.2, 0) is 6.54 Å². The average Bonchev–Trinajstić information content (AvgIpc) is 2.64. The Labute approximate surface area is 169 Å². The van der Waals surface area contributed by atoms with Crippen molar-refractivity contribution < 1.29 is 4.79 Å². The number of rotatable bonds is 4. The number of aromatic amines is 1. The second-order valence-electron chi connectivity index (χ2n) is 6.09. The smallest absolute Gasteiger partial charge is 0.330 e. The summed E-state index contributed by atoms with van der Waals surface area (Å²) in [4.78, 5) is 40.7. The van der Waals surface area contributed by atoms with Crippen LogP contribution in [0.5, 0.6) is 0 Å². The Morgan fingerprint density at radius 3 is 2.32 bits per heavy atom. The molecule has 0 saturated carbocycles. The summed E-state index contributed by atoms with van der Waals surface area (Å²) >= 11 is 11.9. The third kappa shape index (κ3) is 3.95. The van der Waals surface area contributed by atoms with Crippen LogP contribution in [-0.4, -0.2) is 22.5 Å². The molecular weight excluding hydrogens is 403 g/mol. The lowest BCUT2D eigenvalue weighted by Crippen LogP contribution is -2.39. The average molecular weight is 419 g/mol. The maximum Gasteiger partial charge on any atom is 0.330 e. The van der Waals surface area contributed by atoms with Gasteiger partial charge < -0.3 is 10.6 Å². The van der Waals surface area contributed by atoms with Gasteiger partial charge in [0.2, 0.25) is 0 Å². The number of halogens is 2. The van der Waals surface area contributed by atoms with Gasteiger partial charge in [-0.3, -0.25) is 19.1 Å². The van der Waals surface area contributed by atoms with Crippen LogP contribution >= 0.6 is 23.2 Å². The van der Waals surface area contributed by atoms with E-state index in [1.807, 2.05) is 30.3 Å². The molecule has 1 heterocycles. The fourth-order valence-corrected chi connectivity index (χ4v) is 3.32. The van der Waals surface area contributed by atoms with Crippen molar-refractivity contribution in [1.29, 1.82) is 0 Å². The summed E-state index contributed by atoms with van der Waals surface area (Å²) in [6.07, 6.45) is 0. The number of carbonyl (C=O) groups excluding carboxylic acids is 1. The Bertz CT molecular complexity index is 1140. The molecule has 0 aliphatic carbocycles. The highest BCUT2D eigenvalue weighted by molar-refractivity contribution is 6.35. The number of aromatic nitrogens is 2. The minimum Gasteiger partial charge on any atom is -0.383 e. The van der Waals surface area contributed by atoms with Crippen LogP contribution in [0.2, 0.25) is 10.0 Å². The molecule has 0 aliphatic heterocycles. The zero-order valence-electron chi connectivity index (χ0n) is 14.8. The van der Waals surface area contributed by atoms with Crippen molar-refractivity contribution in [3.8, 4) is 0 Å². The molecule has 0 bridgehead atoms. The molecule has 0 unspecified atom stereocenters. The van der Waals surface area contributed by atoms with Crippen LogP contribution in [0.25, 0.3) is 0 Å². The summed E-state index contributed by atoms with van der Waals surface area (Å²) in [7, 11) is 1.38. The number of hydrogen-bond acceptors (Lipinski definition) is 4. The molecule has 3 aromatic rings. The predicted octanol–water partition coefficient (Wildman–Crippen LogP) is 2.75. The quantitative estimate of drug-likeness (QED) is 0.679. The molecule has 1 amide bonds. The molecule has 0 radical (unpaired) electrons. The fourth-order valence-electron chi connectivity index (χ4n) is 2.80. The first-order valence-corrected chi connectivity index (χ1v) is 8.94. The number of nitrogens with one attached hydrogen (secondary N) is 1. The topological polar surface area (TPSA) is 101 Å². The van der Waals surface area contributed by atoms with Crippen LogP contribution in [0.4, 0.5) is 11.5 Å². The number of benzene rings is 2. The van der Waals surface area contributed by atoms with Crippen molar-refractivity contribution in [2.45, 2.75) is 6.54 Å². The van der Waals surface area contributed by atoms with Gasteiger partial charge in [0.15, 0.2) is 5.69 Å². The molecule has 28 heavy (non-hydrogen) atoms. The lowest BCUT2D eigenvalue weighted by atomic mass is 10.2. The Morgan fingerprint density at radius 1 is 1.11 bits per heavy atom. The highest BCUT2D eigenvalue weighted by Gasteiger charge is 2.22. The molecule has 0 saturated heterocycles. The summed E-state index contributed by atoms with van der Waals surface area (Å²) in [6, 6.07) is 13.5. The van der Waals surface area contributed by atoms with E-state index in [9.17, 15) is 14.4 Å². The molecular formula is C19H16Cl2N4O3. The molecule has 0 aliphatic rings. The fraction of sp³-hybridized carbons (Fsp3) is 0.105. The molecule has 3 rings (SSSR count). The number of H-pyrrole nitrogens is 1. The summed E-state index contributed by atoms with van der Waals surface area (Å²) in [5.41, 5.74) is 5.52. The first kappa shape index (κ1) is 19.7. The monoisotopic (exact) mass is 418 g/mol. The van der Waals surface area contributed by atoms with Gasteiger partial charge in [-0.15, -0.1) is 0 Å². The predicted molar refractivity (Wildman–Crippen MR) is 110 cm³/mol. The van der Waals surface area contributed by atoms with E-state index in [1.54, 1.807) is 0 Å². The van der Waals surface area contributed by atoms with Gasteiger partial charge in [0.1, 0.15) is 5.82 Å². The zero-order valence-corrected chi connectivity index (χ0v) is 16.3. The lowest BCUT2D eigenvalue weighted by Gasteiger charge is -2.20. The van der Waals surface area contributed by atoms with Crippen molar-refractivity contribution in [3.63, 3.8) is 0 Å². The van der Waals surface area contributed by atoms with Crippen molar-refractivity contribution in [1.82, 2.24) is 9.55 Å². The van der Waals surface area contributed by atoms with Crippen molar-refractivity contribution in [3.05, 3.63) is 90.5 Å². The number of anilines is 2. The maximum absolute atomic E-state index is 12.8. The second kappa shape index (κ2) is 7.92. The molecule has 1 aromatic heterocycles. The largest absolute Gasteiger partial charge is 0.383 e. The zero-order chi connectivity index (χ0) is 20.4. The second-order valence-corrected chi connectivity index (χ2v) is 6.96. The van der Waals surface area contributed by atoms with Gasteiger partial charge in [-0.2, -0.15) is 0 Å². The molecule has 2 aromatic carbocycles. The van der Waals surface area contributed by atoms with Crippen LogP contribution in [0.1, 0.15) is 15.9 Å². The Kier molecular flexibility index (Phi) is 5.58. The number of amides is 1. The maximum atomic E-state index is 12.8. The first-order valence-electron chi connectivity index (χ1n) is 8.18. The van der Waals surface area contributed by atoms with E-state index in [2.05, 4.69) is 4.98 Å². The van der Waals surface area contributed by atoms with E-state index < -0.39 is 17.2 Å². The number of hydrogen-bond donors (Lipinski definition) is 2. The summed E-state index contributed by atoms with van der Waals surface area (Å²) in [5, 5.41) is 0.556. The number of carbonyl (C=O) groups is 1. The van der Waals surface area contributed by atoms with Gasteiger partial charge in [0.25, 0.3) is 11.5 Å². The van der Waals surface area contributed by atoms with Crippen LogP contribution in [0.15, 0.2) is 58.1 Å². The molecule has 144 valence electrons. The van der Waals surface area contributed by atoms with Crippen LogP contribution in [0.3, 0.4) is 0 Å². The molecule has 0 fully saturated rings. The molecule has 0 atom stereocenters. The van der Waals surface area contributed by atoms with Gasteiger partial charge >= 0.3 is 5.69 Å². The van der Waals surface area contributed by atoms with Crippen LogP contribution < -0.4 is 21.9 Å². The standard InChI is InChI=1S/C19H16Cl2N4O3/c1-24(18(27)12-7-13(20)9-14(21)8-12)15-16(22)25(19(28)23-17(15)26)10-11-5-3-2-4-6-11/h2-9H,10,22H2,1H3,(H,23,26,28). The SMILES string of the molecule is CN(C(=O)c1cc(Cl)cc(Cl)c1)c1c(N)n(Cc2ccccc2)c(=O)[nH]c1=O. The minimum absolute atomic E-state index is 0.124. The minimum atomic E-state index is -0.768. The van der Waals surface area contributed by atoms with E-state index in [1.165, 1.54) is 29.8 Å². The molecule has 3 N–H and O–H groups in total. The normalized spacial score (nSPS) is 10.7. The summed E-state index contributed by atoms with van der Waals surface area (Å²) < 4.78 is 1.20. The highest BCUT2D eigenvalue weighted by atomic mass is 35.5. The van der Waals surface area contributed by atoms with Gasteiger partial charge in [-0.05, 0) is 23.8 Å². The Hall–Kier alpha value is -3.03. The van der Waals surface area contributed by atoms with Gasteiger partial charge in [-0.1, -0.05) is 53.5 Å². The van der Waals surface area contributed by atoms with Crippen molar-refractivity contribution >= 4 is 40.6 Å². The van der Waals surface area contributed by atoms with Crippen LogP contribution in [0, 0.1) is 0 Å². The van der Waals surface area contributed by atoms with Gasteiger partial charge in [0.05, 0.1) is 6.54 Å². The number of nitrogen functional groups attached to an aromatic ring is 1.